The third kappa shape index (κ3) is 3.04. The summed E-state index contributed by atoms with van der Waals surface area (Å²) in [6.07, 6.45) is -0.541. The first-order chi connectivity index (χ1) is 9.99. The van der Waals surface area contributed by atoms with Gasteiger partial charge in [0.15, 0.2) is 6.10 Å². The molecule has 1 fully saturated rings. The van der Waals surface area contributed by atoms with E-state index in [4.69, 9.17) is 9.47 Å². The van der Waals surface area contributed by atoms with Gasteiger partial charge in [-0.05, 0) is 36.6 Å². The Bertz CT molecular complexity index is 486. The maximum atomic E-state index is 12.2. The number of amides is 1. The first-order valence-electron chi connectivity index (χ1n) is 7.17. The normalized spacial score (nSPS) is 23.1. The molecular formula is C16H23NO4. The van der Waals surface area contributed by atoms with E-state index in [9.17, 15) is 9.90 Å². The van der Waals surface area contributed by atoms with Gasteiger partial charge in [-0.25, -0.2) is 0 Å². The van der Waals surface area contributed by atoms with Gasteiger partial charge in [0, 0.05) is 12.8 Å². The Morgan fingerprint density at radius 1 is 1.24 bits per heavy atom. The van der Waals surface area contributed by atoms with E-state index in [-0.39, 0.29) is 11.9 Å². The summed E-state index contributed by atoms with van der Waals surface area (Å²) in [6, 6.07) is 6.90. The van der Waals surface area contributed by atoms with Crippen molar-refractivity contribution in [2.24, 2.45) is 5.92 Å². The monoisotopic (exact) mass is 293 g/mol. The second-order valence-corrected chi connectivity index (χ2v) is 5.75. The topological polar surface area (TPSA) is 59.0 Å². The van der Waals surface area contributed by atoms with E-state index in [0.717, 1.165) is 11.4 Å². The van der Waals surface area contributed by atoms with Crippen molar-refractivity contribution in [1.29, 1.82) is 0 Å². The van der Waals surface area contributed by atoms with Crippen LogP contribution < -0.4 is 9.64 Å². The van der Waals surface area contributed by atoms with Gasteiger partial charge < -0.3 is 19.5 Å². The van der Waals surface area contributed by atoms with Gasteiger partial charge >= 0.3 is 0 Å². The number of carbonyl (C=O) groups is 1. The molecule has 1 aliphatic rings. The highest BCUT2D eigenvalue weighted by molar-refractivity contribution is 6.05. The number of hydrogen-bond acceptors (Lipinski definition) is 4. The predicted octanol–water partition coefficient (Wildman–Crippen LogP) is 1.83. The quantitative estimate of drug-likeness (QED) is 0.813. The van der Waals surface area contributed by atoms with Crippen LogP contribution in [0.4, 0.5) is 5.69 Å². The average molecular weight is 293 g/mol. The summed E-state index contributed by atoms with van der Waals surface area (Å²) >= 11 is 0. The molecule has 5 nitrogen and oxygen atoms in total. The molecule has 1 aliphatic heterocycles. The lowest BCUT2D eigenvalue weighted by Crippen LogP contribution is -2.70. The van der Waals surface area contributed by atoms with Crippen molar-refractivity contribution >= 4 is 11.6 Å². The number of benzene rings is 1. The Kier molecular flexibility index (Phi) is 4.85. The number of hydrogen-bond donors (Lipinski definition) is 1. The molecule has 1 aromatic rings. The fourth-order valence-electron chi connectivity index (χ4n) is 2.76. The fourth-order valence-corrected chi connectivity index (χ4v) is 2.76. The molecule has 0 saturated carbocycles. The predicted molar refractivity (Wildman–Crippen MR) is 80.5 cm³/mol. The van der Waals surface area contributed by atoms with E-state index >= 15 is 0 Å². The summed E-state index contributed by atoms with van der Waals surface area (Å²) in [6.45, 7) is 4.09. The Labute approximate surface area is 125 Å². The standard InChI is InChI=1S/C16H23NO4/c1-10(2)9-13(18)14-15(21-4)16(19)17(14)11-5-7-12(20-3)8-6-11/h5-8,10,13-15,18H,9H2,1-4H3/t13-,14+,15-/m0/s1. The van der Waals surface area contributed by atoms with E-state index < -0.39 is 12.2 Å². The third-order valence-electron chi connectivity index (χ3n) is 3.80. The van der Waals surface area contributed by atoms with Crippen LogP contribution in [0.5, 0.6) is 5.75 Å². The zero-order valence-electron chi connectivity index (χ0n) is 12.9. The van der Waals surface area contributed by atoms with E-state index in [0.29, 0.717) is 12.3 Å². The van der Waals surface area contributed by atoms with Crippen molar-refractivity contribution in [1.82, 2.24) is 0 Å². The molecule has 1 heterocycles. The van der Waals surface area contributed by atoms with Gasteiger partial charge in [-0.1, -0.05) is 13.8 Å². The number of β-lactam (4-membered cyclic amide) rings is 1. The molecule has 5 heteroatoms. The molecule has 0 unspecified atom stereocenters. The van der Waals surface area contributed by atoms with Crippen molar-refractivity contribution in [3.05, 3.63) is 24.3 Å². The van der Waals surface area contributed by atoms with Gasteiger partial charge in [0.1, 0.15) is 5.75 Å². The van der Waals surface area contributed by atoms with Crippen LogP contribution >= 0.6 is 0 Å². The molecule has 3 atom stereocenters. The SMILES string of the molecule is COc1ccc(N2C(=O)[C@@H](OC)[C@H]2[C@@H](O)CC(C)C)cc1. The number of aliphatic hydroxyl groups is 1. The number of aliphatic hydroxyl groups excluding tert-OH is 1. The zero-order valence-corrected chi connectivity index (χ0v) is 12.9. The first kappa shape index (κ1) is 15.8. The van der Waals surface area contributed by atoms with Gasteiger partial charge in [0.2, 0.25) is 0 Å². The number of methoxy groups -OCH3 is 2. The average Bonchev–Trinajstić information content (AvgIpc) is 2.45. The second kappa shape index (κ2) is 6.45. The highest BCUT2D eigenvalue weighted by Crippen LogP contribution is 2.34. The summed E-state index contributed by atoms with van der Waals surface area (Å²) in [7, 11) is 3.10. The Hall–Kier alpha value is -1.59. The van der Waals surface area contributed by atoms with Crippen molar-refractivity contribution in [3.63, 3.8) is 0 Å². The smallest absolute Gasteiger partial charge is 0.258 e. The van der Waals surface area contributed by atoms with Crippen molar-refractivity contribution in [3.8, 4) is 5.75 Å². The molecule has 0 aliphatic carbocycles. The van der Waals surface area contributed by atoms with Gasteiger partial charge in [-0.2, -0.15) is 0 Å². The Morgan fingerprint density at radius 2 is 1.86 bits per heavy atom. The molecule has 0 bridgehead atoms. The summed E-state index contributed by atoms with van der Waals surface area (Å²) in [5.74, 6) is 0.968. The lowest BCUT2D eigenvalue weighted by molar-refractivity contribution is -0.144. The Morgan fingerprint density at radius 3 is 2.33 bits per heavy atom. The molecule has 0 aromatic heterocycles. The van der Waals surface area contributed by atoms with Gasteiger partial charge in [0.25, 0.3) is 5.91 Å². The van der Waals surface area contributed by atoms with Crippen molar-refractivity contribution < 1.29 is 19.4 Å². The minimum Gasteiger partial charge on any atom is -0.497 e. The largest absolute Gasteiger partial charge is 0.497 e. The van der Waals surface area contributed by atoms with Crippen LogP contribution in [0.25, 0.3) is 0 Å². The molecule has 21 heavy (non-hydrogen) atoms. The van der Waals surface area contributed by atoms with E-state index in [2.05, 4.69) is 0 Å². The maximum Gasteiger partial charge on any atom is 0.258 e. The number of ether oxygens (including phenoxy) is 2. The van der Waals surface area contributed by atoms with Crippen LogP contribution in [0.15, 0.2) is 24.3 Å². The van der Waals surface area contributed by atoms with Crippen LogP contribution in [-0.2, 0) is 9.53 Å². The fraction of sp³-hybridized carbons (Fsp3) is 0.562. The summed E-state index contributed by atoms with van der Waals surface area (Å²) < 4.78 is 10.4. The molecule has 0 spiro atoms. The van der Waals surface area contributed by atoms with Gasteiger partial charge in [-0.15, -0.1) is 0 Å². The van der Waals surface area contributed by atoms with Crippen LogP contribution in [-0.4, -0.2) is 43.5 Å². The highest BCUT2D eigenvalue weighted by Gasteiger charge is 2.51. The molecule has 1 saturated heterocycles. The Balaban J connectivity index is 2.20. The minimum atomic E-state index is -0.602. The van der Waals surface area contributed by atoms with E-state index in [1.54, 1.807) is 24.1 Å². The lowest BCUT2D eigenvalue weighted by atomic mass is 9.87. The molecular weight excluding hydrogens is 270 g/mol. The van der Waals surface area contributed by atoms with Crippen LogP contribution in [0.1, 0.15) is 20.3 Å². The second-order valence-electron chi connectivity index (χ2n) is 5.75. The van der Waals surface area contributed by atoms with Crippen LogP contribution in [0.3, 0.4) is 0 Å². The highest BCUT2D eigenvalue weighted by atomic mass is 16.5. The first-order valence-corrected chi connectivity index (χ1v) is 7.17. The van der Waals surface area contributed by atoms with E-state index in [1.165, 1.54) is 7.11 Å². The van der Waals surface area contributed by atoms with Crippen LogP contribution in [0, 0.1) is 5.92 Å². The summed E-state index contributed by atoms with van der Waals surface area (Å²) in [5, 5.41) is 10.4. The molecule has 1 N–H and O–H groups in total. The number of carbonyl (C=O) groups excluding carboxylic acids is 1. The number of nitrogens with zero attached hydrogens (tertiary/aromatic N) is 1. The van der Waals surface area contributed by atoms with Gasteiger partial charge in [0.05, 0.1) is 19.3 Å². The molecule has 0 radical (unpaired) electrons. The van der Waals surface area contributed by atoms with Gasteiger partial charge in [-0.3, -0.25) is 4.79 Å². The lowest BCUT2D eigenvalue weighted by Gasteiger charge is -2.48. The third-order valence-corrected chi connectivity index (χ3v) is 3.80. The zero-order chi connectivity index (χ0) is 15.6. The molecule has 1 aromatic carbocycles. The molecule has 1 amide bonds. The molecule has 116 valence electrons. The maximum absolute atomic E-state index is 12.2. The summed E-state index contributed by atoms with van der Waals surface area (Å²) in [5.41, 5.74) is 0.752. The van der Waals surface area contributed by atoms with Crippen LogP contribution in [0.2, 0.25) is 0 Å². The number of rotatable bonds is 6. The van der Waals surface area contributed by atoms with Crippen molar-refractivity contribution in [2.45, 2.75) is 38.5 Å². The molecule has 2 rings (SSSR count). The summed E-state index contributed by atoms with van der Waals surface area (Å²) in [4.78, 5) is 13.8. The number of anilines is 1. The van der Waals surface area contributed by atoms with E-state index in [1.807, 2.05) is 26.0 Å². The minimum absolute atomic E-state index is 0.115. The van der Waals surface area contributed by atoms with Crippen molar-refractivity contribution in [2.75, 3.05) is 19.1 Å².